The monoisotopic (exact) mass is 110 g/mol. The van der Waals surface area contributed by atoms with Crippen LogP contribution in [0.2, 0.25) is 0 Å². The van der Waals surface area contributed by atoms with E-state index < -0.39 is 0 Å². The Hall–Kier alpha value is -0.770. The summed E-state index contributed by atoms with van der Waals surface area (Å²) in [4.78, 5) is 9.50. The lowest BCUT2D eigenvalue weighted by Gasteiger charge is -1.81. The molecule has 0 amide bonds. The summed E-state index contributed by atoms with van der Waals surface area (Å²) in [7, 11) is 0. The van der Waals surface area contributed by atoms with E-state index in [9.17, 15) is 4.79 Å². The van der Waals surface area contributed by atoms with E-state index in [1.807, 2.05) is 0 Å². The molecule has 0 N–H and O–H groups in total. The predicted molar refractivity (Wildman–Crippen MR) is 33.3 cm³/mol. The first-order chi connectivity index (χ1) is 3.91. The van der Waals surface area contributed by atoms with Gasteiger partial charge >= 0.3 is 0 Å². The number of carbonyl (C=O) groups excluding carboxylic acids is 1. The van der Waals surface area contributed by atoms with Crippen LogP contribution in [0.4, 0.5) is 0 Å². The molecule has 8 heavy (non-hydrogen) atoms. The molecule has 0 aromatic rings. The van der Waals surface area contributed by atoms with Crippen molar-refractivity contribution in [3.63, 3.8) is 0 Å². The van der Waals surface area contributed by atoms with Gasteiger partial charge in [0.05, 0.1) is 0 Å². The second-order valence-corrected chi connectivity index (χ2v) is 1.59. The molecule has 0 unspecified atom stereocenters. The molecule has 1 heteroatoms. The zero-order valence-electron chi connectivity index (χ0n) is 5.11. The Kier molecular flexibility index (Phi) is 5.63. The van der Waals surface area contributed by atoms with Crippen LogP contribution in [0.15, 0.2) is 11.8 Å². The topological polar surface area (TPSA) is 17.1 Å². The van der Waals surface area contributed by atoms with E-state index in [1.165, 1.54) is 0 Å². The lowest BCUT2D eigenvalue weighted by atomic mass is 10.2. The quantitative estimate of drug-likeness (QED) is 0.307. The van der Waals surface area contributed by atoms with Gasteiger partial charge in [-0.1, -0.05) is 13.3 Å². The molecule has 0 atom stereocenters. The SMILES string of the molecule is CCCCC=C=C=O. The summed E-state index contributed by atoms with van der Waals surface area (Å²) >= 11 is 0. The second kappa shape index (κ2) is 6.23. The van der Waals surface area contributed by atoms with E-state index >= 15 is 0 Å². The highest BCUT2D eigenvalue weighted by Gasteiger charge is 1.73. The molecule has 0 bridgehead atoms. The van der Waals surface area contributed by atoms with Crippen molar-refractivity contribution in [3.05, 3.63) is 11.8 Å². The zero-order chi connectivity index (χ0) is 6.24. The van der Waals surface area contributed by atoms with Gasteiger partial charge in [-0.3, -0.25) is 0 Å². The van der Waals surface area contributed by atoms with Crippen LogP contribution >= 0.6 is 0 Å². The predicted octanol–water partition coefficient (Wildman–Crippen LogP) is 1.72. The third kappa shape index (κ3) is 5.23. The third-order valence-corrected chi connectivity index (χ3v) is 0.863. The molecule has 0 rings (SSSR count). The fourth-order valence-electron chi connectivity index (χ4n) is 0.420. The number of unbranched alkanes of at least 4 members (excludes halogenated alkanes) is 2. The smallest absolute Gasteiger partial charge is 0.176 e. The highest BCUT2D eigenvalue weighted by molar-refractivity contribution is 5.43. The second-order valence-electron chi connectivity index (χ2n) is 1.59. The van der Waals surface area contributed by atoms with Crippen molar-refractivity contribution in [2.45, 2.75) is 26.2 Å². The highest BCUT2D eigenvalue weighted by Crippen LogP contribution is 1.92. The van der Waals surface area contributed by atoms with Crippen LogP contribution < -0.4 is 0 Å². The Morgan fingerprint density at radius 3 is 2.88 bits per heavy atom. The number of rotatable bonds is 3. The summed E-state index contributed by atoms with van der Waals surface area (Å²) in [6.07, 6.45) is 4.97. The van der Waals surface area contributed by atoms with Crippen LogP contribution in [-0.2, 0) is 4.79 Å². The highest BCUT2D eigenvalue weighted by atomic mass is 16.1. The van der Waals surface area contributed by atoms with Gasteiger partial charge in [-0.05, 0) is 24.6 Å². The molecule has 0 radical (unpaired) electrons. The van der Waals surface area contributed by atoms with E-state index in [0.717, 1.165) is 19.3 Å². The molecule has 0 saturated carbocycles. The summed E-state index contributed by atoms with van der Waals surface area (Å²) in [5.41, 5.74) is 2.35. The lowest BCUT2D eigenvalue weighted by molar-refractivity contribution is 0.569. The molecule has 1 nitrogen and oxygen atoms in total. The van der Waals surface area contributed by atoms with Crippen molar-refractivity contribution in [1.29, 1.82) is 0 Å². The van der Waals surface area contributed by atoms with Crippen molar-refractivity contribution >= 4 is 5.94 Å². The Bertz CT molecular complexity index is 114. The Labute approximate surface area is 49.7 Å². The van der Waals surface area contributed by atoms with Crippen molar-refractivity contribution in [2.75, 3.05) is 0 Å². The summed E-state index contributed by atoms with van der Waals surface area (Å²) < 4.78 is 0. The van der Waals surface area contributed by atoms with Crippen molar-refractivity contribution in [1.82, 2.24) is 0 Å². The van der Waals surface area contributed by atoms with E-state index in [0.29, 0.717) is 0 Å². The maximum atomic E-state index is 9.50. The Morgan fingerprint density at radius 1 is 1.62 bits per heavy atom. The molecule has 0 spiro atoms. The van der Waals surface area contributed by atoms with Gasteiger partial charge < -0.3 is 0 Å². The van der Waals surface area contributed by atoms with E-state index in [4.69, 9.17) is 0 Å². The minimum absolute atomic E-state index is 0.950. The first kappa shape index (κ1) is 7.23. The Balaban J connectivity index is 3.16. The van der Waals surface area contributed by atoms with Gasteiger partial charge in [0, 0.05) is 0 Å². The molecule has 0 aliphatic rings. The lowest BCUT2D eigenvalue weighted by Crippen LogP contribution is -1.63. The minimum atomic E-state index is 0.950. The van der Waals surface area contributed by atoms with Gasteiger partial charge in [0.1, 0.15) is 0 Å². The molecule has 0 fully saturated rings. The molecule has 0 saturated heterocycles. The minimum Gasteiger partial charge on any atom is -0.224 e. The van der Waals surface area contributed by atoms with Crippen LogP contribution in [0.3, 0.4) is 0 Å². The molecule has 0 aliphatic heterocycles. The average Bonchev–Trinajstić information content (AvgIpc) is 1.81. The molecule has 0 aliphatic carbocycles. The van der Waals surface area contributed by atoms with Gasteiger partial charge in [0.2, 0.25) is 0 Å². The van der Waals surface area contributed by atoms with E-state index in [2.05, 4.69) is 12.7 Å². The number of allylic oxidation sites excluding steroid dienone is 1. The average molecular weight is 110 g/mol. The molecular weight excluding hydrogens is 100 g/mol. The first-order valence-corrected chi connectivity index (χ1v) is 2.86. The van der Waals surface area contributed by atoms with Crippen LogP contribution in [0.1, 0.15) is 26.2 Å². The molecule has 0 heterocycles. The maximum absolute atomic E-state index is 9.50. The van der Waals surface area contributed by atoms with Gasteiger partial charge in [0.25, 0.3) is 0 Å². The van der Waals surface area contributed by atoms with E-state index in [1.54, 1.807) is 12.0 Å². The fourth-order valence-corrected chi connectivity index (χ4v) is 0.420. The molecule has 0 aromatic heterocycles. The molecule has 0 aromatic carbocycles. The van der Waals surface area contributed by atoms with Crippen molar-refractivity contribution in [3.8, 4) is 0 Å². The van der Waals surface area contributed by atoms with Gasteiger partial charge in [0.15, 0.2) is 5.94 Å². The fraction of sp³-hybridized carbons (Fsp3) is 0.571. The van der Waals surface area contributed by atoms with Gasteiger partial charge in [-0.25, -0.2) is 4.79 Å². The maximum Gasteiger partial charge on any atom is 0.176 e. The summed E-state index contributed by atoms with van der Waals surface area (Å²) in [5.74, 6) is 1.57. The number of hydrogen-bond donors (Lipinski definition) is 0. The molecular formula is C7H10O. The van der Waals surface area contributed by atoms with E-state index in [-0.39, 0.29) is 0 Å². The standard InChI is InChI=1S/C7H10O/c1-2-3-4-5-6-7-8/h5H,2-4H2,1H3. The third-order valence-electron chi connectivity index (χ3n) is 0.863. The summed E-state index contributed by atoms with van der Waals surface area (Å²) in [5, 5.41) is 0. The van der Waals surface area contributed by atoms with Crippen LogP contribution in [-0.4, -0.2) is 5.94 Å². The normalized spacial score (nSPS) is 7.12. The van der Waals surface area contributed by atoms with Crippen LogP contribution in [0.5, 0.6) is 0 Å². The Morgan fingerprint density at radius 2 is 2.38 bits per heavy atom. The summed E-state index contributed by atoms with van der Waals surface area (Å²) in [6, 6.07) is 0. The van der Waals surface area contributed by atoms with Crippen molar-refractivity contribution < 1.29 is 4.79 Å². The van der Waals surface area contributed by atoms with Crippen molar-refractivity contribution in [2.24, 2.45) is 0 Å². The van der Waals surface area contributed by atoms with Crippen LogP contribution in [0.25, 0.3) is 0 Å². The summed E-state index contributed by atoms with van der Waals surface area (Å²) in [6.45, 7) is 2.11. The largest absolute Gasteiger partial charge is 0.224 e. The molecule has 44 valence electrons. The number of hydrogen-bond acceptors (Lipinski definition) is 1. The van der Waals surface area contributed by atoms with Crippen LogP contribution in [0, 0.1) is 0 Å². The van der Waals surface area contributed by atoms with Gasteiger partial charge in [-0.15, -0.1) is 0 Å². The first-order valence-electron chi connectivity index (χ1n) is 2.86. The van der Waals surface area contributed by atoms with Gasteiger partial charge in [-0.2, -0.15) is 0 Å². The zero-order valence-corrected chi connectivity index (χ0v) is 5.11.